The van der Waals surface area contributed by atoms with Crippen LogP contribution in [0.5, 0.6) is 11.5 Å². The summed E-state index contributed by atoms with van der Waals surface area (Å²) in [5, 5.41) is 19.4. The monoisotopic (exact) mass is 265 g/mol. The highest BCUT2D eigenvalue weighted by molar-refractivity contribution is 6.01. The SMILES string of the molecule is COC(=O)C1CCCN1C(=O)c1c(O)cccc1O. The van der Waals surface area contributed by atoms with Gasteiger partial charge in [-0.05, 0) is 25.0 Å². The molecule has 1 aromatic carbocycles. The van der Waals surface area contributed by atoms with E-state index in [0.717, 1.165) is 0 Å². The second kappa shape index (κ2) is 5.17. The fourth-order valence-electron chi connectivity index (χ4n) is 2.28. The molecule has 0 aliphatic carbocycles. The van der Waals surface area contributed by atoms with E-state index in [1.807, 2.05) is 0 Å². The molecule has 1 fully saturated rings. The van der Waals surface area contributed by atoms with Crippen molar-refractivity contribution in [3.63, 3.8) is 0 Å². The lowest BCUT2D eigenvalue weighted by atomic mass is 10.1. The van der Waals surface area contributed by atoms with E-state index >= 15 is 0 Å². The van der Waals surface area contributed by atoms with Crippen LogP contribution >= 0.6 is 0 Å². The third kappa shape index (κ3) is 2.33. The lowest BCUT2D eigenvalue weighted by Crippen LogP contribution is -2.41. The van der Waals surface area contributed by atoms with Crippen molar-refractivity contribution in [1.29, 1.82) is 0 Å². The van der Waals surface area contributed by atoms with Crippen LogP contribution in [0.2, 0.25) is 0 Å². The molecule has 6 nitrogen and oxygen atoms in total. The van der Waals surface area contributed by atoms with Crippen LogP contribution < -0.4 is 0 Å². The van der Waals surface area contributed by atoms with Gasteiger partial charge in [-0.1, -0.05) is 6.07 Å². The van der Waals surface area contributed by atoms with Gasteiger partial charge in [0.1, 0.15) is 23.1 Å². The van der Waals surface area contributed by atoms with E-state index < -0.39 is 17.9 Å². The van der Waals surface area contributed by atoms with Crippen LogP contribution in [0.15, 0.2) is 18.2 Å². The highest BCUT2D eigenvalue weighted by atomic mass is 16.5. The van der Waals surface area contributed by atoms with Crippen molar-refractivity contribution in [1.82, 2.24) is 4.90 Å². The van der Waals surface area contributed by atoms with E-state index in [0.29, 0.717) is 19.4 Å². The normalized spacial score (nSPS) is 18.4. The first-order valence-corrected chi connectivity index (χ1v) is 5.96. The number of carbonyl (C=O) groups excluding carboxylic acids is 2. The van der Waals surface area contributed by atoms with Gasteiger partial charge in [-0.3, -0.25) is 4.79 Å². The number of likely N-dealkylation sites (tertiary alicyclic amines) is 1. The van der Waals surface area contributed by atoms with Gasteiger partial charge in [-0.15, -0.1) is 0 Å². The minimum absolute atomic E-state index is 0.182. The van der Waals surface area contributed by atoms with Crippen molar-refractivity contribution < 1.29 is 24.5 Å². The molecule has 102 valence electrons. The Morgan fingerprint density at radius 3 is 2.53 bits per heavy atom. The number of benzene rings is 1. The van der Waals surface area contributed by atoms with Crippen molar-refractivity contribution in [3.05, 3.63) is 23.8 Å². The Morgan fingerprint density at radius 2 is 1.95 bits per heavy atom. The van der Waals surface area contributed by atoms with Crippen LogP contribution in [0.1, 0.15) is 23.2 Å². The number of methoxy groups -OCH3 is 1. The van der Waals surface area contributed by atoms with Gasteiger partial charge in [0.2, 0.25) is 0 Å². The molecular formula is C13H15NO5. The van der Waals surface area contributed by atoms with Crippen LogP contribution in [-0.2, 0) is 9.53 Å². The topological polar surface area (TPSA) is 87.1 Å². The Kier molecular flexibility index (Phi) is 3.59. The largest absolute Gasteiger partial charge is 0.507 e. The zero-order valence-corrected chi connectivity index (χ0v) is 10.5. The number of hydrogen-bond donors (Lipinski definition) is 2. The van der Waals surface area contributed by atoms with Gasteiger partial charge in [-0.25, -0.2) is 4.79 Å². The van der Waals surface area contributed by atoms with Crippen LogP contribution in [0, 0.1) is 0 Å². The van der Waals surface area contributed by atoms with Crippen LogP contribution in [0.25, 0.3) is 0 Å². The molecule has 2 rings (SSSR count). The summed E-state index contributed by atoms with van der Waals surface area (Å²) in [6, 6.07) is 3.41. The molecule has 6 heteroatoms. The molecular weight excluding hydrogens is 250 g/mol. The van der Waals surface area contributed by atoms with Crippen molar-refractivity contribution >= 4 is 11.9 Å². The summed E-state index contributed by atoms with van der Waals surface area (Å²) in [7, 11) is 1.26. The van der Waals surface area contributed by atoms with E-state index in [1.165, 1.54) is 30.2 Å². The zero-order valence-electron chi connectivity index (χ0n) is 10.5. The lowest BCUT2D eigenvalue weighted by molar-refractivity contribution is -0.145. The predicted octanol–water partition coefficient (Wildman–Crippen LogP) is 0.875. The number of hydrogen-bond acceptors (Lipinski definition) is 5. The van der Waals surface area contributed by atoms with Gasteiger partial charge >= 0.3 is 5.97 Å². The number of phenolic OH excluding ortho intramolecular Hbond substituents is 2. The second-order valence-electron chi connectivity index (χ2n) is 4.35. The molecule has 1 aromatic rings. The predicted molar refractivity (Wildman–Crippen MR) is 65.8 cm³/mol. The first-order valence-electron chi connectivity index (χ1n) is 5.96. The summed E-state index contributed by atoms with van der Waals surface area (Å²) >= 11 is 0. The molecule has 1 heterocycles. The smallest absolute Gasteiger partial charge is 0.328 e. The Balaban J connectivity index is 2.31. The quantitative estimate of drug-likeness (QED) is 0.775. The maximum absolute atomic E-state index is 12.3. The summed E-state index contributed by atoms with van der Waals surface area (Å²) in [5.74, 6) is -1.66. The van der Waals surface area contributed by atoms with Gasteiger partial charge in [0, 0.05) is 6.54 Å². The Labute approximate surface area is 110 Å². The first-order chi connectivity index (χ1) is 9.06. The van der Waals surface area contributed by atoms with E-state index in [4.69, 9.17) is 0 Å². The number of amides is 1. The van der Waals surface area contributed by atoms with Crippen molar-refractivity contribution in [2.45, 2.75) is 18.9 Å². The number of esters is 1. The van der Waals surface area contributed by atoms with Crippen LogP contribution in [0.3, 0.4) is 0 Å². The van der Waals surface area contributed by atoms with E-state index in [2.05, 4.69) is 4.74 Å². The van der Waals surface area contributed by atoms with Crippen LogP contribution in [0.4, 0.5) is 0 Å². The van der Waals surface area contributed by atoms with Crippen LogP contribution in [-0.4, -0.2) is 46.7 Å². The summed E-state index contributed by atoms with van der Waals surface area (Å²) < 4.78 is 4.65. The van der Waals surface area contributed by atoms with Gasteiger partial charge in [0.15, 0.2) is 0 Å². The fraction of sp³-hybridized carbons (Fsp3) is 0.385. The van der Waals surface area contributed by atoms with E-state index in [1.54, 1.807) is 0 Å². The molecule has 0 bridgehead atoms. The fourth-order valence-corrected chi connectivity index (χ4v) is 2.28. The summed E-state index contributed by atoms with van der Waals surface area (Å²) in [6.45, 7) is 0.395. The molecule has 0 spiro atoms. The average molecular weight is 265 g/mol. The van der Waals surface area contributed by atoms with Gasteiger partial charge < -0.3 is 19.8 Å². The minimum Gasteiger partial charge on any atom is -0.507 e. The highest BCUT2D eigenvalue weighted by Crippen LogP contribution is 2.30. The van der Waals surface area contributed by atoms with Gasteiger partial charge in [-0.2, -0.15) is 0 Å². The molecule has 0 radical (unpaired) electrons. The molecule has 1 saturated heterocycles. The third-order valence-electron chi connectivity index (χ3n) is 3.22. The van der Waals surface area contributed by atoms with E-state index in [9.17, 15) is 19.8 Å². The standard InChI is InChI=1S/C13H15NO5/c1-19-13(18)8-4-3-7-14(8)12(17)11-9(15)5-2-6-10(11)16/h2,5-6,8,15-16H,3-4,7H2,1H3. The van der Waals surface area contributed by atoms with Gasteiger partial charge in [0.25, 0.3) is 5.91 Å². The maximum Gasteiger partial charge on any atom is 0.328 e. The highest BCUT2D eigenvalue weighted by Gasteiger charge is 2.36. The van der Waals surface area contributed by atoms with Crippen molar-refractivity contribution in [2.75, 3.05) is 13.7 Å². The number of carbonyl (C=O) groups is 2. The Bertz CT molecular complexity index is 494. The van der Waals surface area contributed by atoms with E-state index in [-0.39, 0.29) is 17.1 Å². The molecule has 0 aromatic heterocycles. The summed E-state index contributed by atoms with van der Waals surface area (Å²) in [6.07, 6.45) is 1.20. The minimum atomic E-state index is -0.656. The molecule has 1 unspecified atom stereocenters. The summed E-state index contributed by atoms with van der Waals surface area (Å²) in [5.41, 5.74) is -0.182. The number of ether oxygens (including phenoxy) is 1. The number of aromatic hydroxyl groups is 2. The molecule has 19 heavy (non-hydrogen) atoms. The summed E-state index contributed by atoms with van der Waals surface area (Å²) in [4.78, 5) is 25.2. The molecule has 1 aliphatic rings. The number of phenols is 2. The number of nitrogens with zero attached hydrogens (tertiary/aromatic N) is 1. The lowest BCUT2D eigenvalue weighted by Gasteiger charge is -2.23. The van der Waals surface area contributed by atoms with Crippen molar-refractivity contribution in [2.24, 2.45) is 0 Å². The second-order valence-corrected chi connectivity index (χ2v) is 4.35. The molecule has 2 N–H and O–H groups in total. The third-order valence-corrected chi connectivity index (χ3v) is 3.22. The van der Waals surface area contributed by atoms with Crippen molar-refractivity contribution in [3.8, 4) is 11.5 Å². The first kappa shape index (κ1) is 13.2. The zero-order chi connectivity index (χ0) is 14.0. The molecule has 0 saturated carbocycles. The average Bonchev–Trinajstić information content (AvgIpc) is 2.86. The number of rotatable bonds is 2. The molecule has 1 atom stereocenters. The Morgan fingerprint density at radius 1 is 1.32 bits per heavy atom. The Hall–Kier alpha value is -2.24. The maximum atomic E-state index is 12.3. The molecule has 1 amide bonds. The van der Waals surface area contributed by atoms with Gasteiger partial charge in [0.05, 0.1) is 7.11 Å². The molecule has 1 aliphatic heterocycles.